The summed E-state index contributed by atoms with van der Waals surface area (Å²) in [6.45, 7) is 3.84. The standard InChI is InChI=1S/C14H27N3O/c1-17-8-4-5-12(11-17)9-15-10-14(18)16-13-6-2-3-7-13/h12-13,15H,2-11H2,1H3,(H,16,18). The Morgan fingerprint density at radius 3 is 2.72 bits per heavy atom. The zero-order chi connectivity index (χ0) is 12.8. The Bertz CT molecular complexity index is 264. The topological polar surface area (TPSA) is 44.4 Å². The van der Waals surface area contributed by atoms with Crippen LogP contribution in [0.1, 0.15) is 38.5 Å². The second-order valence-corrected chi connectivity index (χ2v) is 5.95. The molecular formula is C14H27N3O. The van der Waals surface area contributed by atoms with Crippen LogP contribution in [0, 0.1) is 5.92 Å². The number of carbonyl (C=O) groups excluding carboxylic acids is 1. The summed E-state index contributed by atoms with van der Waals surface area (Å²) < 4.78 is 0. The van der Waals surface area contributed by atoms with E-state index in [9.17, 15) is 4.79 Å². The van der Waals surface area contributed by atoms with Gasteiger partial charge in [0.2, 0.25) is 5.91 Å². The molecule has 1 aliphatic carbocycles. The fourth-order valence-corrected chi connectivity index (χ4v) is 3.18. The highest BCUT2D eigenvalue weighted by Gasteiger charge is 2.18. The molecule has 104 valence electrons. The number of nitrogens with zero attached hydrogens (tertiary/aromatic N) is 1. The van der Waals surface area contributed by atoms with Crippen LogP contribution in [-0.4, -0.2) is 50.1 Å². The predicted molar refractivity (Wildman–Crippen MR) is 73.5 cm³/mol. The fraction of sp³-hybridized carbons (Fsp3) is 0.929. The van der Waals surface area contributed by atoms with Crippen LogP contribution in [-0.2, 0) is 4.79 Å². The summed E-state index contributed by atoms with van der Waals surface area (Å²) in [6.07, 6.45) is 7.45. The third-order valence-electron chi connectivity index (χ3n) is 4.16. The molecule has 0 spiro atoms. The van der Waals surface area contributed by atoms with E-state index in [2.05, 4.69) is 22.6 Å². The monoisotopic (exact) mass is 253 g/mol. The molecule has 1 aliphatic heterocycles. The molecule has 0 aromatic rings. The van der Waals surface area contributed by atoms with Crippen LogP contribution in [0.15, 0.2) is 0 Å². The van der Waals surface area contributed by atoms with Crippen LogP contribution in [0.5, 0.6) is 0 Å². The van der Waals surface area contributed by atoms with E-state index in [1.54, 1.807) is 0 Å². The van der Waals surface area contributed by atoms with Gasteiger partial charge in [0, 0.05) is 12.6 Å². The van der Waals surface area contributed by atoms with Gasteiger partial charge in [-0.25, -0.2) is 0 Å². The summed E-state index contributed by atoms with van der Waals surface area (Å²) in [5.41, 5.74) is 0. The average Bonchev–Trinajstić information content (AvgIpc) is 2.82. The van der Waals surface area contributed by atoms with Crippen molar-refractivity contribution in [2.45, 2.75) is 44.6 Å². The van der Waals surface area contributed by atoms with E-state index in [-0.39, 0.29) is 5.91 Å². The van der Waals surface area contributed by atoms with E-state index >= 15 is 0 Å². The summed E-state index contributed by atoms with van der Waals surface area (Å²) in [5, 5.41) is 6.42. The molecule has 2 N–H and O–H groups in total. The van der Waals surface area contributed by atoms with Crippen molar-refractivity contribution in [3.63, 3.8) is 0 Å². The molecule has 4 heteroatoms. The number of rotatable bonds is 5. The third-order valence-corrected chi connectivity index (χ3v) is 4.16. The highest BCUT2D eigenvalue weighted by Crippen LogP contribution is 2.17. The maximum Gasteiger partial charge on any atom is 0.234 e. The zero-order valence-electron chi connectivity index (χ0n) is 11.6. The molecular weight excluding hydrogens is 226 g/mol. The van der Waals surface area contributed by atoms with E-state index in [0.717, 1.165) is 13.1 Å². The van der Waals surface area contributed by atoms with Crippen molar-refractivity contribution in [3.8, 4) is 0 Å². The van der Waals surface area contributed by atoms with Gasteiger partial charge in [0.15, 0.2) is 0 Å². The summed E-state index contributed by atoms with van der Waals surface area (Å²) in [5.74, 6) is 0.883. The summed E-state index contributed by atoms with van der Waals surface area (Å²) >= 11 is 0. The normalized spacial score (nSPS) is 26.4. The van der Waals surface area contributed by atoms with Gasteiger partial charge in [-0.2, -0.15) is 0 Å². The number of hydrogen-bond acceptors (Lipinski definition) is 3. The van der Waals surface area contributed by atoms with Gasteiger partial charge in [-0.15, -0.1) is 0 Å². The molecule has 4 nitrogen and oxygen atoms in total. The summed E-state index contributed by atoms with van der Waals surface area (Å²) in [4.78, 5) is 14.1. The molecule has 1 atom stereocenters. The lowest BCUT2D eigenvalue weighted by atomic mass is 9.98. The zero-order valence-corrected chi connectivity index (χ0v) is 11.6. The van der Waals surface area contributed by atoms with Gasteiger partial charge in [0.1, 0.15) is 0 Å². The number of hydrogen-bond donors (Lipinski definition) is 2. The summed E-state index contributed by atoms with van der Waals surface area (Å²) in [7, 11) is 2.18. The second-order valence-electron chi connectivity index (χ2n) is 5.95. The van der Waals surface area contributed by atoms with E-state index in [1.165, 1.54) is 45.1 Å². The lowest BCUT2D eigenvalue weighted by molar-refractivity contribution is -0.120. The van der Waals surface area contributed by atoms with Crippen LogP contribution in [0.25, 0.3) is 0 Å². The van der Waals surface area contributed by atoms with Crippen LogP contribution in [0.3, 0.4) is 0 Å². The first-order chi connectivity index (χ1) is 8.74. The van der Waals surface area contributed by atoms with Gasteiger partial charge in [0.25, 0.3) is 0 Å². The Balaban J connectivity index is 1.55. The Labute approximate surface area is 110 Å². The molecule has 0 aromatic carbocycles. The molecule has 1 amide bonds. The highest BCUT2D eigenvalue weighted by molar-refractivity contribution is 5.78. The molecule has 1 heterocycles. The molecule has 2 aliphatic rings. The number of nitrogens with one attached hydrogen (secondary N) is 2. The average molecular weight is 253 g/mol. The largest absolute Gasteiger partial charge is 0.352 e. The maximum absolute atomic E-state index is 11.7. The quantitative estimate of drug-likeness (QED) is 0.767. The minimum absolute atomic E-state index is 0.172. The lowest BCUT2D eigenvalue weighted by Crippen LogP contribution is -2.42. The van der Waals surface area contributed by atoms with Crippen molar-refractivity contribution in [2.24, 2.45) is 5.92 Å². The van der Waals surface area contributed by atoms with Gasteiger partial charge in [0.05, 0.1) is 6.54 Å². The van der Waals surface area contributed by atoms with Crippen molar-refractivity contribution in [2.75, 3.05) is 33.2 Å². The first kappa shape index (κ1) is 13.8. The van der Waals surface area contributed by atoms with Crippen molar-refractivity contribution in [1.82, 2.24) is 15.5 Å². The SMILES string of the molecule is CN1CCCC(CNCC(=O)NC2CCCC2)C1. The van der Waals surface area contributed by atoms with Gasteiger partial charge in [-0.1, -0.05) is 12.8 Å². The smallest absolute Gasteiger partial charge is 0.234 e. The van der Waals surface area contributed by atoms with Gasteiger partial charge >= 0.3 is 0 Å². The Hall–Kier alpha value is -0.610. The predicted octanol–water partition coefficient (Wildman–Crippen LogP) is 0.977. The summed E-state index contributed by atoms with van der Waals surface area (Å²) in [6, 6.07) is 0.445. The van der Waals surface area contributed by atoms with Crippen LogP contribution >= 0.6 is 0 Å². The van der Waals surface area contributed by atoms with Crippen molar-refractivity contribution < 1.29 is 4.79 Å². The lowest BCUT2D eigenvalue weighted by Gasteiger charge is -2.29. The van der Waals surface area contributed by atoms with Crippen molar-refractivity contribution >= 4 is 5.91 Å². The van der Waals surface area contributed by atoms with Gasteiger partial charge in [-0.3, -0.25) is 4.79 Å². The number of likely N-dealkylation sites (tertiary alicyclic amines) is 1. The van der Waals surface area contributed by atoms with Crippen LogP contribution in [0.4, 0.5) is 0 Å². The Morgan fingerprint density at radius 1 is 1.22 bits per heavy atom. The molecule has 1 saturated heterocycles. The molecule has 0 aromatic heterocycles. The van der Waals surface area contributed by atoms with Crippen molar-refractivity contribution in [1.29, 1.82) is 0 Å². The fourth-order valence-electron chi connectivity index (χ4n) is 3.18. The molecule has 1 saturated carbocycles. The first-order valence-electron chi connectivity index (χ1n) is 7.42. The number of carbonyl (C=O) groups is 1. The van der Waals surface area contributed by atoms with Gasteiger partial charge < -0.3 is 15.5 Å². The molecule has 2 fully saturated rings. The number of amides is 1. The highest BCUT2D eigenvalue weighted by atomic mass is 16.1. The molecule has 1 unspecified atom stereocenters. The number of piperidine rings is 1. The third kappa shape index (κ3) is 4.58. The Kier molecular flexibility index (Phi) is 5.45. The van der Waals surface area contributed by atoms with E-state index in [1.807, 2.05) is 0 Å². The van der Waals surface area contributed by atoms with E-state index < -0.39 is 0 Å². The van der Waals surface area contributed by atoms with Crippen LogP contribution in [0.2, 0.25) is 0 Å². The van der Waals surface area contributed by atoms with E-state index in [4.69, 9.17) is 0 Å². The Morgan fingerprint density at radius 2 is 2.00 bits per heavy atom. The second kappa shape index (κ2) is 7.10. The minimum Gasteiger partial charge on any atom is -0.352 e. The van der Waals surface area contributed by atoms with Crippen molar-refractivity contribution in [3.05, 3.63) is 0 Å². The van der Waals surface area contributed by atoms with E-state index in [0.29, 0.717) is 18.5 Å². The van der Waals surface area contributed by atoms with Gasteiger partial charge in [-0.05, 0) is 51.7 Å². The maximum atomic E-state index is 11.7. The van der Waals surface area contributed by atoms with Crippen LogP contribution < -0.4 is 10.6 Å². The molecule has 0 radical (unpaired) electrons. The molecule has 2 rings (SSSR count). The molecule has 18 heavy (non-hydrogen) atoms. The minimum atomic E-state index is 0.172. The molecule has 0 bridgehead atoms. The first-order valence-corrected chi connectivity index (χ1v) is 7.42.